The average Bonchev–Trinajstić information content (AvgIpc) is 2.95. The lowest BCUT2D eigenvalue weighted by Crippen LogP contribution is -2.42. The van der Waals surface area contributed by atoms with Crippen molar-refractivity contribution in [2.75, 3.05) is 6.54 Å². The van der Waals surface area contributed by atoms with E-state index in [9.17, 15) is 9.18 Å². The number of amides is 1. The molecule has 3 nitrogen and oxygen atoms in total. The van der Waals surface area contributed by atoms with Gasteiger partial charge in [0, 0.05) is 28.5 Å². The van der Waals surface area contributed by atoms with Crippen LogP contribution in [0.25, 0.3) is 0 Å². The van der Waals surface area contributed by atoms with Crippen LogP contribution in [0.15, 0.2) is 22.7 Å². The Labute approximate surface area is 140 Å². The van der Waals surface area contributed by atoms with Gasteiger partial charge in [-0.2, -0.15) is 0 Å². The number of benzene rings is 1. The standard InChI is InChI=1S/C17H24BrFN2O/c1-11(2)21(10-13-8-14(18)6-7-16(13)19)17(22)15-5-3-4-12(15)9-20/h6-8,11-12,15H,3-5,9-10,20H2,1-2H3/t12-,15-/m1/s1. The molecule has 0 bridgehead atoms. The Kier molecular flexibility index (Phi) is 5.98. The van der Waals surface area contributed by atoms with E-state index in [1.165, 1.54) is 6.07 Å². The fourth-order valence-electron chi connectivity index (χ4n) is 3.22. The quantitative estimate of drug-likeness (QED) is 0.858. The molecular weight excluding hydrogens is 347 g/mol. The van der Waals surface area contributed by atoms with Gasteiger partial charge >= 0.3 is 0 Å². The molecule has 2 N–H and O–H groups in total. The van der Waals surface area contributed by atoms with Gasteiger partial charge in [-0.25, -0.2) is 4.39 Å². The van der Waals surface area contributed by atoms with Gasteiger partial charge in [-0.05, 0) is 57.4 Å². The summed E-state index contributed by atoms with van der Waals surface area (Å²) in [6.45, 7) is 4.80. The molecule has 0 spiro atoms. The third-order valence-electron chi connectivity index (χ3n) is 4.53. The van der Waals surface area contributed by atoms with Crippen LogP contribution in [0.3, 0.4) is 0 Å². The second-order valence-corrected chi connectivity index (χ2v) is 7.24. The van der Waals surface area contributed by atoms with Gasteiger partial charge in [-0.1, -0.05) is 22.4 Å². The Morgan fingerprint density at radius 3 is 2.82 bits per heavy atom. The molecule has 2 rings (SSSR count). The molecule has 5 heteroatoms. The van der Waals surface area contributed by atoms with Crippen LogP contribution in [0.1, 0.15) is 38.7 Å². The van der Waals surface area contributed by atoms with Gasteiger partial charge in [-0.3, -0.25) is 4.79 Å². The lowest BCUT2D eigenvalue weighted by atomic mass is 9.94. The normalized spacial score (nSPS) is 21.4. The van der Waals surface area contributed by atoms with Crippen LogP contribution in [-0.4, -0.2) is 23.4 Å². The molecule has 0 heterocycles. The molecule has 1 saturated carbocycles. The molecule has 0 saturated heterocycles. The van der Waals surface area contributed by atoms with Crippen molar-refractivity contribution in [1.82, 2.24) is 4.90 Å². The molecule has 1 amide bonds. The zero-order valence-corrected chi connectivity index (χ0v) is 14.8. The van der Waals surface area contributed by atoms with Crippen LogP contribution in [0, 0.1) is 17.7 Å². The number of nitrogens with zero attached hydrogens (tertiary/aromatic N) is 1. The molecule has 1 aromatic carbocycles. The molecule has 1 aliphatic carbocycles. The molecule has 0 radical (unpaired) electrons. The first-order chi connectivity index (χ1) is 10.4. The summed E-state index contributed by atoms with van der Waals surface area (Å²) in [4.78, 5) is 14.7. The van der Waals surface area contributed by atoms with E-state index in [0.29, 0.717) is 18.7 Å². The number of carbonyl (C=O) groups excluding carboxylic acids is 1. The first-order valence-electron chi connectivity index (χ1n) is 7.88. The summed E-state index contributed by atoms with van der Waals surface area (Å²) in [7, 11) is 0. The van der Waals surface area contributed by atoms with Crippen molar-refractivity contribution in [3.8, 4) is 0 Å². The highest BCUT2D eigenvalue weighted by molar-refractivity contribution is 9.10. The maximum absolute atomic E-state index is 14.0. The molecular formula is C17H24BrFN2O. The van der Waals surface area contributed by atoms with Crippen molar-refractivity contribution in [2.24, 2.45) is 17.6 Å². The van der Waals surface area contributed by atoms with Gasteiger partial charge in [0.05, 0.1) is 0 Å². The summed E-state index contributed by atoms with van der Waals surface area (Å²) in [5.41, 5.74) is 6.34. The van der Waals surface area contributed by atoms with Crippen molar-refractivity contribution in [3.63, 3.8) is 0 Å². The zero-order chi connectivity index (χ0) is 16.3. The Bertz CT molecular complexity index is 535. The largest absolute Gasteiger partial charge is 0.336 e. The average molecular weight is 371 g/mol. The van der Waals surface area contributed by atoms with E-state index in [1.807, 2.05) is 13.8 Å². The number of rotatable bonds is 5. The second kappa shape index (κ2) is 7.55. The molecule has 0 aromatic heterocycles. The number of carbonyl (C=O) groups is 1. The zero-order valence-electron chi connectivity index (χ0n) is 13.2. The second-order valence-electron chi connectivity index (χ2n) is 6.33. The van der Waals surface area contributed by atoms with Gasteiger partial charge in [0.1, 0.15) is 5.82 Å². The van der Waals surface area contributed by atoms with E-state index in [-0.39, 0.29) is 29.6 Å². The van der Waals surface area contributed by atoms with E-state index < -0.39 is 0 Å². The minimum absolute atomic E-state index is 0.0115. The Balaban J connectivity index is 2.19. The van der Waals surface area contributed by atoms with E-state index in [2.05, 4.69) is 15.9 Å². The maximum atomic E-state index is 14.0. The summed E-state index contributed by atoms with van der Waals surface area (Å²) in [6.07, 6.45) is 2.96. The highest BCUT2D eigenvalue weighted by Crippen LogP contribution is 2.33. The van der Waals surface area contributed by atoms with Crippen molar-refractivity contribution in [3.05, 3.63) is 34.1 Å². The molecule has 1 aromatic rings. The minimum Gasteiger partial charge on any atom is -0.336 e. The topological polar surface area (TPSA) is 46.3 Å². The van der Waals surface area contributed by atoms with Crippen molar-refractivity contribution < 1.29 is 9.18 Å². The van der Waals surface area contributed by atoms with Crippen molar-refractivity contribution >= 4 is 21.8 Å². The van der Waals surface area contributed by atoms with Crippen LogP contribution >= 0.6 is 15.9 Å². The highest BCUT2D eigenvalue weighted by atomic mass is 79.9. The Morgan fingerprint density at radius 1 is 1.45 bits per heavy atom. The van der Waals surface area contributed by atoms with E-state index in [0.717, 1.165) is 23.7 Å². The van der Waals surface area contributed by atoms with Gasteiger partial charge in [0.15, 0.2) is 0 Å². The van der Waals surface area contributed by atoms with E-state index in [1.54, 1.807) is 17.0 Å². The fourth-order valence-corrected chi connectivity index (χ4v) is 3.63. The van der Waals surface area contributed by atoms with Crippen LogP contribution in [0.2, 0.25) is 0 Å². The first kappa shape index (κ1) is 17.4. The van der Waals surface area contributed by atoms with Crippen LogP contribution in [0.5, 0.6) is 0 Å². The highest BCUT2D eigenvalue weighted by Gasteiger charge is 2.35. The lowest BCUT2D eigenvalue weighted by Gasteiger charge is -2.31. The number of hydrogen-bond donors (Lipinski definition) is 1. The molecule has 1 fully saturated rings. The number of hydrogen-bond acceptors (Lipinski definition) is 2. The lowest BCUT2D eigenvalue weighted by molar-refractivity contribution is -0.139. The van der Waals surface area contributed by atoms with Crippen molar-refractivity contribution in [2.45, 2.75) is 45.7 Å². The molecule has 2 atom stereocenters. The predicted molar refractivity (Wildman–Crippen MR) is 89.7 cm³/mol. The summed E-state index contributed by atoms with van der Waals surface area (Å²) < 4.78 is 14.8. The van der Waals surface area contributed by atoms with Gasteiger partial charge < -0.3 is 10.6 Å². The Hall–Kier alpha value is -0.940. The third kappa shape index (κ3) is 3.87. The molecule has 1 aliphatic rings. The first-order valence-corrected chi connectivity index (χ1v) is 8.67. The summed E-state index contributed by atoms with van der Waals surface area (Å²) in [5, 5.41) is 0. The smallest absolute Gasteiger partial charge is 0.226 e. The predicted octanol–water partition coefficient (Wildman–Crippen LogP) is 3.70. The molecule has 0 unspecified atom stereocenters. The Morgan fingerprint density at radius 2 is 2.18 bits per heavy atom. The van der Waals surface area contributed by atoms with E-state index in [4.69, 9.17) is 5.73 Å². The SMILES string of the molecule is CC(C)N(Cc1cc(Br)ccc1F)C(=O)[C@@H]1CCC[C@@H]1CN. The van der Waals surface area contributed by atoms with Crippen molar-refractivity contribution in [1.29, 1.82) is 0 Å². The fraction of sp³-hybridized carbons (Fsp3) is 0.588. The molecule has 22 heavy (non-hydrogen) atoms. The summed E-state index contributed by atoms with van der Waals surface area (Å²) in [6, 6.07) is 4.88. The monoisotopic (exact) mass is 370 g/mol. The summed E-state index contributed by atoms with van der Waals surface area (Å²) >= 11 is 3.36. The molecule has 0 aliphatic heterocycles. The molecule has 122 valence electrons. The third-order valence-corrected chi connectivity index (χ3v) is 5.03. The number of nitrogens with two attached hydrogens (primary N) is 1. The van der Waals surface area contributed by atoms with Gasteiger partial charge in [0.2, 0.25) is 5.91 Å². The van der Waals surface area contributed by atoms with E-state index >= 15 is 0 Å². The summed E-state index contributed by atoms with van der Waals surface area (Å²) in [5.74, 6) is 0.0921. The minimum atomic E-state index is -0.275. The van der Waals surface area contributed by atoms with Gasteiger partial charge in [0.25, 0.3) is 0 Å². The van der Waals surface area contributed by atoms with Gasteiger partial charge in [-0.15, -0.1) is 0 Å². The number of halogens is 2. The van der Waals surface area contributed by atoms with Crippen LogP contribution in [-0.2, 0) is 11.3 Å². The van der Waals surface area contributed by atoms with Crippen LogP contribution in [0.4, 0.5) is 4.39 Å². The van der Waals surface area contributed by atoms with Crippen LogP contribution < -0.4 is 5.73 Å². The maximum Gasteiger partial charge on any atom is 0.226 e.